The maximum absolute atomic E-state index is 6.44. The molecule has 86 valence electrons. The Hall–Kier alpha value is 0.177. The van der Waals surface area contributed by atoms with Gasteiger partial charge in [0.1, 0.15) is 0 Å². The van der Waals surface area contributed by atoms with Gasteiger partial charge in [0.15, 0.2) is 8.32 Å². The fourth-order valence-corrected chi connectivity index (χ4v) is 5.09. The summed E-state index contributed by atoms with van der Waals surface area (Å²) in [6.07, 6.45) is 1.65. The molecule has 0 bridgehead atoms. The molecule has 0 heterocycles. The topological polar surface area (TPSA) is 9.23 Å². The van der Waals surface area contributed by atoms with Gasteiger partial charge in [0, 0.05) is 6.10 Å². The summed E-state index contributed by atoms with van der Waals surface area (Å²) in [6.45, 7) is 13.7. The lowest BCUT2D eigenvalue weighted by Gasteiger charge is -2.34. The monoisotopic (exact) mass is 216 g/mol. The van der Waals surface area contributed by atoms with Crippen LogP contribution < -0.4 is 0 Å². The van der Waals surface area contributed by atoms with Crippen LogP contribution in [-0.2, 0) is 4.43 Å². The number of rotatable bonds is 7. The molecule has 0 spiro atoms. The third-order valence-electron chi connectivity index (χ3n) is 3.48. The molecule has 1 unspecified atom stereocenters. The molecule has 0 rings (SSSR count). The lowest BCUT2D eigenvalue weighted by molar-refractivity contribution is 0.134. The van der Waals surface area contributed by atoms with Crippen LogP contribution in [-0.4, -0.2) is 14.4 Å². The Kier molecular flexibility index (Phi) is 6.71. The van der Waals surface area contributed by atoms with Crippen molar-refractivity contribution in [1.29, 1.82) is 0 Å². The predicted molar refractivity (Wildman–Crippen MR) is 67.2 cm³/mol. The van der Waals surface area contributed by atoms with Gasteiger partial charge in [-0.2, -0.15) is 0 Å². The van der Waals surface area contributed by atoms with E-state index in [9.17, 15) is 0 Å². The van der Waals surface area contributed by atoms with E-state index in [1.54, 1.807) is 0 Å². The highest BCUT2D eigenvalue weighted by Gasteiger charge is 2.32. The molecule has 0 aromatic carbocycles. The SMILES string of the molecule is CCC(O[Si](CC)(CC)CC)C(C)C. The van der Waals surface area contributed by atoms with Crippen LogP contribution in [0, 0.1) is 5.92 Å². The smallest absolute Gasteiger partial charge is 0.192 e. The quantitative estimate of drug-likeness (QED) is 0.572. The average Bonchev–Trinajstić information content (AvgIpc) is 2.20. The molecular weight excluding hydrogens is 188 g/mol. The van der Waals surface area contributed by atoms with Crippen LogP contribution in [0.5, 0.6) is 0 Å². The van der Waals surface area contributed by atoms with E-state index in [4.69, 9.17) is 4.43 Å². The van der Waals surface area contributed by atoms with Crippen LogP contribution in [0.15, 0.2) is 0 Å². The van der Waals surface area contributed by atoms with Gasteiger partial charge in [-0.1, -0.05) is 41.5 Å². The van der Waals surface area contributed by atoms with Crippen LogP contribution in [0.4, 0.5) is 0 Å². The second-order valence-corrected chi connectivity index (χ2v) is 9.28. The van der Waals surface area contributed by atoms with Gasteiger partial charge in [-0.05, 0) is 30.5 Å². The van der Waals surface area contributed by atoms with E-state index in [-0.39, 0.29) is 0 Å². The van der Waals surface area contributed by atoms with Crippen molar-refractivity contribution in [2.45, 2.75) is 72.2 Å². The minimum Gasteiger partial charge on any atom is -0.414 e. The van der Waals surface area contributed by atoms with Gasteiger partial charge in [-0.15, -0.1) is 0 Å². The lowest BCUT2D eigenvalue weighted by atomic mass is 10.1. The second-order valence-electron chi connectivity index (χ2n) is 4.55. The molecule has 1 atom stereocenters. The molecule has 2 heteroatoms. The molecule has 1 nitrogen and oxygen atoms in total. The molecule has 0 saturated carbocycles. The minimum atomic E-state index is -1.36. The molecule has 0 N–H and O–H groups in total. The molecule has 0 fully saturated rings. The van der Waals surface area contributed by atoms with Crippen molar-refractivity contribution in [1.82, 2.24) is 0 Å². The summed E-state index contributed by atoms with van der Waals surface area (Å²) in [7, 11) is -1.36. The summed E-state index contributed by atoms with van der Waals surface area (Å²) >= 11 is 0. The third-order valence-corrected chi connectivity index (χ3v) is 8.15. The highest BCUT2D eigenvalue weighted by atomic mass is 28.4. The van der Waals surface area contributed by atoms with Gasteiger partial charge in [0.05, 0.1) is 0 Å². The summed E-state index contributed by atoms with van der Waals surface area (Å²) in [4.78, 5) is 0. The zero-order valence-electron chi connectivity index (χ0n) is 10.9. The second kappa shape index (κ2) is 6.62. The van der Waals surface area contributed by atoms with E-state index < -0.39 is 8.32 Å². The largest absolute Gasteiger partial charge is 0.414 e. The third kappa shape index (κ3) is 3.74. The van der Waals surface area contributed by atoms with Crippen molar-refractivity contribution >= 4 is 8.32 Å². The predicted octanol–water partition coefficient (Wildman–Crippen LogP) is 4.44. The number of hydrogen-bond acceptors (Lipinski definition) is 1. The first-order valence-corrected chi connectivity index (χ1v) is 8.75. The average molecular weight is 216 g/mol. The van der Waals surface area contributed by atoms with E-state index in [1.807, 2.05) is 0 Å². The molecule has 0 aliphatic rings. The molecule has 0 aromatic heterocycles. The van der Waals surface area contributed by atoms with E-state index in [0.29, 0.717) is 12.0 Å². The van der Waals surface area contributed by atoms with Gasteiger partial charge in [-0.25, -0.2) is 0 Å². The highest BCUT2D eigenvalue weighted by molar-refractivity contribution is 6.73. The van der Waals surface area contributed by atoms with Gasteiger partial charge in [-0.3, -0.25) is 0 Å². The normalized spacial score (nSPS) is 14.8. The van der Waals surface area contributed by atoms with Crippen molar-refractivity contribution in [3.05, 3.63) is 0 Å². The van der Waals surface area contributed by atoms with Crippen molar-refractivity contribution in [2.75, 3.05) is 0 Å². The van der Waals surface area contributed by atoms with Crippen molar-refractivity contribution in [2.24, 2.45) is 5.92 Å². The fourth-order valence-electron chi connectivity index (χ4n) is 2.01. The molecule has 0 radical (unpaired) electrons. The Morgan fingerprint density at radius 1 is 0.929 bits per heavy atom. The molecular formula is C12H28OSi. The zero-order valence-corrected chi connectivity index (χ0v) is 11.9. The first-order valence-electron chi connectivity index (χ1n) is 6.23. The van der Waals surface area contributed by atoms with Crippen LogP contribution in [0.3, 0.4) is 0 Å². The zero-order chi connectivity index (χ0) is 11.2. The van der Waals surface area contributed by atoms with Crippen molar-refractivity contribution < 1.29 is 4.43 Å². The van der Waals surface area contributed by atoms with E-state index >= 15 is 0 Å². The molecule has 0 amide bonds. The van der Waals surface area contributed by atoms with E-state index in [0.717, 1.165) is 6.42 Å². The van der Waals surface area contributed by atoms with Crippen molar-refractivity contribution in [3.63, 3.8) is 0 Å². The Labute approximate surface area is 91.4 Å². The van der Waals surface area contributed by atoms with Crippen LogP contribution >= 0.6 is 0 Å². The Balaban J connectivity index is 4.39. The molecule has 0 aliphatic heterocycles. The molecule has 0 saturated heterocycles. The Bertz CT molecular complexity index is 133. The summed E-state index contributed by atoms with van der Waals surface area (Å²) in [6, 6.07) is 3.80. The van der Waals surface area contributed by atoms with Gasteiger partial charge in [0.25, 0.3) is 0 Å². The van der Waals surface area contributed by atoms with E-state index in [2.05, 4.69) is 41.5 Å². The van der Waals surface area contributed by atoms with Crippen LogP contribution in [0.25, 0.3) is 0 Å². The molecule has 14 heavy (non-hydrogen) atoms. The first-order chi connectivity index (χ1) is 6.55. The molecule has 0 aromatic rings. The van der Waals surface area contributed by atoms with Gasteiger partial charge < -0.3 is 4.43 Å². The Morgan fingerprint density at radius 2 is 1.36 bits per heavy atom. The summed E-state index contributed by atoms with van der Waals surface area (Å²) < 4.78 is 6.44. The van der Waals surface area contributed by atoms with E-state index in [1.165, 1.54) is 18.1 Å². The molecule has 0 aliphatic carbocycles. The Morgan fingerprint density at radius 3 is 1.57 bits per heavy atom. The van der Waals surface area contributed by atoms with Crippen LogP contribution in [0.2, 0.25) is 18.1 Å². The lowest BCUT2D eigenvalue weighted by Crippen LogP contribution is -2.41. The first kappa shape index (κ1) is 14.2. The van der Waals surface area contributed by atoms with Gasteiger partial charge in [0.2, 0.25) is 0 Å². The van der Waals surface area contributed by atoms with Crippen LogP contribution in [0.1, 0.15) is 48.0 Å². The van der Waals surface area contributed by atoms with Crippen molar-refractivity contribution in [3.8, 4) is 0 Å². The summed E-state index contributed by atoms with van der Waals surface area (Å²) in [5, 5.41) is 0. The highest BCUT2D eigenvalue weighted by Crippen LogP contribution is 2.26. The minimum absolute atomic E-state index is 0.488. The maximum atomic E-state index is 6.44. The number of hydrogen-bond donors (Lipinski definition) is 0. The fraction of sp³-hybridized carbons (Fsp3) is 1.00. The summed E-state index contributed by atoms with van der Waals surface area (Å²) in [5.74, 6) is 0.663. The standard InChI is InChI=1S/C12H28OSi/c1-7-12(11(5)6)13-14(8-2,9-3)10-4/h11-12H,7-10H2,1-6H3. The van der Waals surface area contributed by atoms with Gasteiger partial charge >= 0.3 is 0 Å². The summed E-state index contributed by atoms with van der Waals surface area (Å²) in [5.41, 5.74) is 0. The maximum Gasteiger partial charge on any atom is 0.192 e.